The summed E-state index contributed by atoms with van der Waals surface area (Å²) in [7, 11) is 0. The Morgan fingerprint density at radius 1 is 1.25 bits per heavy atom. The number of aromatic amines is 1. The molecule has 2 aromatic rings. The summed E-state index contributed by atoms with van der Waals surface area (Å²) in [6, 6.07) is 5.40. The van der Waals surface area contributed by atoms with Gasteiger partial charge in [0, 0.05) is 36.4 Å². The van der Waals surface area contributed by atoms with E-state index in [9.17, 15) is 9.59 Å². The number of anilines is 1. The second-order valence-electron chi connectivity index (χ2n) is 10.0. The average molecular weight is 438 g/mol. The van der Waals surface area contributed by atoms with Crippen molar-refractivity contribution >= 4 is 17.8 Å². The molecule has 5 heterocycles. The smallest absolute Gasteiger partial charge is 0.319 e. The molecule has 2 fully saturated rings. The molecular weight excluding hydrogens is 406 g/mol. The van der Waals surface area contributed by atoms with Gasteiger partial charge in [-0.1, -0.05) is 6.07 Å². The Bertz CT molecular complexity index is 1050. The van der Waals surface area contributed by atoms with Crippen molar-refractivity contribution in [1.82, 2.24) is 29.9 Å². The Balaban J connectivity index is 1.37. The van der Waals surface area contributed by atoms with E-state index in [1.165, 1.54) is 6.42 Å². The molecule has 2 aromatic heterocycles. The highest BCUT2D eigenvalue weighted by Crippen LogP contribution is 2.42. The molecule has 2 N–H and O–H groups in total. The minimum absolute atomic E-state index is 0.0434. The number of carbonyl (C=O) groups is 2. The quantitative estimate of drug-likeness (QED) is 0.753. The van der Waals surface area contributed by atoms with E-state index in [2.05, 4.69) is 39.2 Å². The van der Waals surface area contributed by atoms with Crippen LogP contribution in [0.5, 0.6) is 0 Å². The Morgan fingerprint density at radius 2 is 2.06 bits per heavy atom. The first-order chi connectivity index (χ1) is 15.2. The first-order valence-corrected chi connectivity index (χ1v) is 11.3. The summed E-state index contributed by atoms with van der Waals surface area (Å²) < 4.78 is 0. The van der Waals surface area contributed by atoms with Crippen molar-refractivity contribution in [2.24, 2.45) is 0 Å². The van der Waals surface area contributed by atoms with Crippen molar-refractivity contribution in [3.8, 4) is 0 Å². The third kappa shape index (κ3) is 3.18. The van der Waals surface area contributed by atoms with E-state index in [1.807, 2.05) is 23.6 Å². The molecule has 3 aliphatic heterocycles. The highest BCUT2D eigenvalue weighted by Gasteiger charge is 2.50. The number of carbonyl (C=O) groups excluding carboxylic acids is 2. The minimum atomic E-state index is -0.555. The van der Waals surface area contributed by atoms with Gasteiger partial charge < -0.3 is 15.1 Å². The molecule has 3 aliphatic rings. The maximum absolute atomic E-state index is 13.8. The number of piperazine rings is 1. The van der Waals surface area contributed by atoms with Gasteiger partial charge in [0.1, 0.15) is 5.69 Å². The number of aromatic nitrogens is 3. The predicted octanol–water partition coefficient (Wildman–Crippen LogP) is 2.79. The number of nitrogens with zero attached hydrogens (tertiary/aromatic N) is 5. The van der Waals surface area contributed by atoms with Crippen LogP contribution in [0.3, 0.4) is 0 Å². The zero-order valence-corrected chi connectivity index (χ0v) is 19.2. The topological polar surface area (TPSA) is 97.5 Å². The van der Waals surface area contributed by atoms with Crippen LogP contribution in [0.2, 0.25) is 0 Å². The van der Waals surface area contributed by atoms with Crippen LogP contribution in [0.1, 0.15) is 62.3 Å². The maximum Gasteiger partial charge on any atom is 0.321 e. The summed E-state index contributed by atoms with van der Waals surface area (Å²) in [5, 5.41) is 10.3. The lowest BCUT2D eigenvalue weighted by Gasteiger charge is -2.50. The van der Waals surface area contributed by atoms with Gasteiger partial charge in [-0.15, -0.1) is 0 Å². The SMILES string of the molecule is C[C@H]1CN2CCC[C@@]2(C)CN1C(=O)N1Cc2c(NC(=O)c3ccccn3)n[nH]c2C1(C)C. The van der Waals surface area contributed by atoms with E-state index in [0.717, 1.165) is 37.3 Å². The van der Waals surface area contributed by atoms with Gasteiger partial charge in [-0.25, -0.2) is 4.79 Å². The number of urea groups is 1. The lowest BCUT2D eigenvalue weighted by Crippen LogP contribution is -2.65. The van der Waals surface area contributed by atoms with Gasteiger partial charge in [0.15, 0.2) is 5.82 Å². The Hall–Kier alpha value is -2.94. The molecule has 0 spiro atoms. The molecule has 0 aliphatic carbocycles. The average Bonchev–Trinajstić information content (AvgIpc) is 3.41. The monoisotopic (exact) mass is 437 g/mol. The number of hydrogen-bond acceptors (Lipinski definition) is 5. The second kappa shape index (κ2) is 7.30. The molecule has 0 bridgehead atoms. The van der Waals surface area contributed by atoms with Gasteiger partial charge in [0.25, 0.3) is 5.91 Å². The second-order valence-corrected chi connectivity index (χ2v) is 10.0. The lowest BCUT2D eigenvalue weighted by atomic mass is 9.94. The number of H-pyrrole nitrogens is 1. The van der Waals surface area contributed by atoms with Crippen LogP contribution in [0.4, 0.5) is 10.6 Å². The summed E-state index contributed by atoms with van der Waals surface area (Å²) in [5.74, 6) is 0.140. The first kappa shape index (κ1) is 20.9. The van der Waals surface area contributed by atoms with Gasteiger partial charge in [-0.05, 0) is 59.2 Å². The molecule has 0 saturated carbocycles. The Labute approximate surface area is 188 Å². The molecule has 5 rings (SSSR count). The molecule has 2 atom stereocenters. The predicted molar refractivity (Wildman–Crippen MR) is 120 cm³/mol. The fraction of sp³-hybridized carbons (Fsp3) is 0.565. The van der Waals surface area contributed by atoms with Crippen LogP contribution in [-0.4, -0.2) is 73.0 Å². The van der Waals surface area contributed by atoms with E-state index in [-0.39, 0.29) is 23.5 Å². The molecule has 32 heavy (non-hydrogen) atoms. The molecule has 0 aromatic carbocycles. The third-order valence-corrected chi connectivity index (χ3v) is 7.51. The minimum Gasteiger partial charge on any atom is -0.319 e. The largest absolute Gasteiger partial charge is 0.321 e. The number of nitrogens with one attached hydrogen (secondary N) is 2. The zero-order chi connectivity index (χ0) is 22.7. The van der Waals surface area contributed by atoms with E-state index in [1.54, 1.807) is 24.4 Å². The fourth-order valence-corrected chi connectivity index (χ4v) is 5.52. The molecule has 170 valence electrons. The third-order valence-electron chi connectivity index (χ3n) is 7.51. The molecule has 2 saturated heterocycles. The standard InChI is InChI=1S/C23H31N7O2/c1-15-12-28-11-7-9-23(28,4)14-29(15)21(32)30-13-16-18(22(30,2)3)26-27-19(16)25-20(31)17-8-5-6-10-24-17/h5-6,8,10,15H,7,9,11-14H2,1-4H3,(H2,25,26,27,31)/t15-,23-/m0/s1. The molecule has 3 amide bonds. The summed E-state index contributed by atoms with van der Waals surface area (Å²) in [6.07, 6.45) is 3.90. The molecular formula is C23H31N7O2. The van der Waals surface area contributed by atoms with Crippen molar-refractivity contribution in [3.05, 3.63) is 41.3 Å². The zero-order valence-electron chi connectivity index (χ0n) is 19.2. The molecule has 0 radical (unpaired) electrons. The highest BCUT2D eigenvalue weighted by atomic mass is 16.2. The summed E-state index contributed by atoms with van der Waals surface area (Å²) in [5.41, 5.74) is 1.54. The number of hydrogen-bond donors (Lipinski definition) is 2. The van der Waals surface area contributed by atoms with Crippen LogP contribution in [0, 0.1) is 0 Å². The van der Waals surface area contributed by atoms with E-state index < -0.39 is 5.54 Å². The van der Waals surface area contributed by atoms with Gasteiger partial charge in [0.05, 0.1) is 17.8 Å². The number of rotatable bonds is 2. The summed E-state index contributed by atoms with van der Waals surface area (Å²) >= 11 is 0. The van der Waals surface area contributed by atoms with Gasteiger partial charge in [0.2, 0.25) is 0 Å². The number of pyridine rings is 1. The first-order valence-electron chi connectivity index (χ1n) is 11.3. The molecule has 9 nitrogen and oxygen atoms in total. The van der Waals surface area contributed by atoms with Crippen LogP contribution in [-0.2, 0) is 12.1 Å². The normalized spacial score (nSPS) is 26.7. The molecule has 0 unspecified atom stereocenters. The Kier molecular flexibility index (Phi) is 4.77. The van der Waals surface area contributed by atoms with Crippen LogP contribution in [0.25, 0.3) is 0 Å². The molecule has 9 heteroatoms. The Morgan fingerprint density at radius 3 is 2.81 bits per heavy atom. The summed E-state index contributed by atoms with van der Waals surface area (Å²) in [6.45, 7) is 11.6. The van der Waals surface area contributed by atoms with E-state index in [0.29, 0.717) is 18.1 Å². The van der Waals surface area contributed by atoms with Crippen molar-refractivity contribution in [2.75, 3.05) is 25.0 Å². The van der Waals surface area contributed by atoms with Gasteiger partial charge in [-0.2, -0.15) is 5.10 Å². The van der Waals surface area contributed by atoms with Crippen molar-refractivity contribution in [2.45, 2.75) is 64.2 Å². The maximum atomic E-state index is 13.8. The van der Waals surface area contributed by atoms with Gasteiger partial charge >= 0.3 is 6.03 Å². The van der Waals surface area contributed by atoms with Crippen molar-refractivity contribution < 1.29 is 9.59 Å². The van der Waals surface area contributed by atoms with Crippen molar-refractivity contribution in [3.63, 3.8) is 0 Å². The fourth-order valence-electron chi connectivity index (χ4n) is 5.52. The van der Waals surface area contributed by atoms with Crippen LogP contribution >= 0.6 is 0 Å². The number of fused-ring (bicyclic) bond motifs is 2. The van der Waals surface area contributed by atoms with Crippen LogP contribution < -0.4 is 5.32 Å². The van der Waals surface area contributed by atoms with Crippen molar-refractivity contribution in [1.29, 1.82) is 0 Å². The van der Waals surface area contributed by atoms with Crippen LogP contribution in [0.15, 0.2) is 24.4 Å². The summed E-state index contributed by atoms with van der Waals surface area (Å²) in [4.78, 5) is 37.0. The van der Waals surface area contributed by atoms with E-state index >= 15 is 0 Å². The number of amides is 3. The van der Waals surface area contributed by atoms with Gasteiger partial charge in [-0.3, -0.25) is 19.8 Å². The van der Waals surface area contributed by atoms with E-state index in [4.69, 9.17) is 0 Å². The lowest BCUT2D eigenvalue weighted by molar-refractivity contribution is 0.00691. The highest BCUT2D eigenvalue weighted by molar-refractivity contribution is 6.02.